The number of amides is 1. The van der Waals surface area contributed by atoms with Crippen LogP contribution in [0.25, 0.3) is 11.6 Å². The summed E-state index contributed by atoms with van der Waals surface area (Å²) in [6, 6.07) is 3.10. The Kier molecular flexibility index (Phi) is 5.25. The molecule has 0 spiro atoms. The number of aryl methyl sites for hydroxylation is 2. The standard InChI is InChI=1S/C17H17N5O5/c1-10-12(17(24)25)8-11(26-10)9-22(2)14(23)5-4-13-20-16(21-27-13)15-18-6-3-7-19-15/h3,6-8H,4-5,9H2,1-2H3,(H,24,25). The van der Waals surface area contributed by atoms with E-state index in [9.17, 15) is 9.59 Å². The van der Waals surface area contributed by atoms with Crippen LogP contribution < -0.4 is 0 Å². The third-order valence-corrected chi connectivity index (χ3v) is 3.80. The van der Waals surface area contributed by atoms with E-state index in [0.29, 0.717) is 23.2 Å². The van der Waals surface area contributed by atoms with Gasteiger partial charge in [0.2, 0.25) is 23.4 Å². The van der Waals surface area contributed by atoms with Crippen LogP contribution >= 0.6 is 0 Å². The molecule has 1 amide bonds. The minimum Gasteiger partial charge on any atom is -0.478 e. The minimum absolute atomic E-state index is 0.0902. The third kappa shape index (κ3) is 4.35. The summed E-state index contributed by atoms with van der Waals surface area (Å²) in [5, 5.41) is 12.8. The van der Waals surface area contributed by atoms with Gasteiger partial charge in [-0.05, 0) is 19.1 Å². The van der Waals surface area contributed by atoms with E-state index in [4.69, 9.17) is 14.0 Å². The van der Waals surface area contributed by atoms with E-state index in [1.807, 2.05) is 0 Å². The number of furan rings is 1. The van der Waals surface area contributed by atoms with Crippen LogP contribution in [-0.4, -0.2) is 49.0 Å². The van der Waals surface area contributed by atoms with E-state index >= 15 is 0 Å². The van der Waals surface area contributed by atoms with Crippen molar-refractivity contribution in [3.8, 4) is 11.6 Å². The first kappa shape index (κ1) is 18.2. The van der Waals surface area contributed by atoms with Crippen LogP contribution in [-0.2, 0) is 17.8 Å². The van der Waals surface area contributed by atoms with Gasteiger partial charge in [0.05, 0.1) is 6.54 Å². The second-order valence-electron chi connectivity index (χ2n) is 5.82. The molecule has 0 aliphatic rings. The summed E-state index contributed by atoms with van der Waals surface area (Å²) < 4.78 is 10.5. The molecule has 140 valence electrons. The molecule has 0 radical (unpaired) electrons. The molecule has 10 heteroatoms. The lowest BCUT2D eigenvalue weighted by Crippen LogP contribution is -2.26. The van der Waals surface area contributed by atoms with Crippen LogP contribution in [0.3, 0.4) is 0 Å². The van der Waals surface area contributed by atoms with E-state index < -0.39 is 5.97 Å². The quantitative estimate of drug-likeness (QED) is 0.658. The number of hydrogen-bond donors (Lipinski definition) is 1. The predicted octanol–water partition coefficient (Wildman–Crippen LogP) is 1.72. The molecule has 0 aliphatic carbocycles. The fraction of sp³-hybridized carbons (Fsp3) is 0.294. The van der Waals surface area contributed by atoms with Gasteiger partial charge in [-0.3, -0.25) is 4.79 Å². The van der Waals surface area contributed by atoms with E-state index in [1.165, 1.54) is 11.0 Å². The highest BCUT2D eigenvalue weighted by atomic mass is 16.5. The van der Waals surface area contributed by atoms with Crippen LogP contribution in [0.2, 0.25) is 0 Å². The zero-order valence-corrected chi connectivity index (χ0v) is 14.7. The normalized spacial score (nSPS) is 10.7. The highest BCUT2D eigenvalue weighted by molar-refractivity contribution is 5.88. The molecule has 3 rings (SSSR count). The first-order valence-corrected chi connectivity index (χ1v) is 8.10. The molecule has 3 heterocycles. The first-order chi connectivity index (χ1) is 12.9. The number of hydrogen-bond acceptors (Lipinski definition) is 8. The molecule has 3 aromatic rings. The molecule has 1 N–H and O–H groups in total. The molecule has 0 bridgehead atoms. The molecule has 0 atom stereocenters. The topological polar surface area (TPSA) is 135 Å². The number of carbonyl (C=O) groups is 2. The lowest BCUT2D eigenvalue weighted by atomic mass is 10.2. The Morgan fingerprint density at radius 2 is 1.96 bits per heavy atom. The molecule has 0 aromatic carbocycles. The van der Waals surface area contributed by atoms with E-state index in [0.717, 1.165) is 0 Å². The average molecular weight is 371 g/mol. The average Bonchev–Trinajstić information content (AvgIpc) is 3.27. The molecule has 0 unspecified atom stereocenters. The summed E-state index contributed by atoms with van der Waals surface area (Å²) >= 11 is 0. The summed E-state index contributed by atoms with van der Waals surface area (Å²) in [4.78, 5) is 37.0. The van der Waals surface area contributed by atoms with Gasteiger partial charge in [0.25, 0.3) is 0 Å². The van der Waals surface area contributed by atoms with Gasteiger partial charge in [0.15, 0.2) is 0 Å². The van der Waals surface area contributed by atoms with Crippen LogP contribution in [0, 0.1) is 6.92 Å². The van der Waals surface area contributed by atoms with Crippen molar-refractivity contribution >= 4 is 11.9 Å². The summed E-state index contributed by atoms with van der Waals surface area (Å²) in [7, 11) is 1.61. The molecule has 3 aromatic heterocycles. The maximum absolute atomic E-state index is 12.3. The van der Waals surface area contributed by atoms with Crippen molar-refractivity contribution in [2.24, 2.45) is 0 Å². The maximum atomic E-state index is 12.3. The minimum atomic E-state index is -1.06. The highest BCUT2D eigenvalue weighted by Gasteiger charge is 2.18. The van der Waals surface area contributed by atoms with Crippen molar-refractivity contribution in [1.82, 2.24) is 25.0 Å². The summed E-state index contributed by atoms with van der Waals surface area (Å²) in [6.45, 7) is 1.73. The Balaban J connectivity index is 1.55. The van der Waals surface area contributed by atoms with E-state index in [-0.39, 0.29) is 36.7 Å². The maximum Gasteiger partial charge on any atom is 0.339 e. The number of rotatable bonds is 7. The van der Waals surface area contributed by atoms with Gasteiger partial charge in [-0.2, -0.15) is 4.98 Å². The zero-order valence-electron chi connectivity index (χ0n) is 14.7. The van der Waals surface area contributed by atoms with Gasteiger partial charge in [0, 0.05) is 32.3 Å². The van der Waals surface area contributed by atoms with Gasteiger partial charge in [-0.15, -0.1) is 0 Å². The molecular formula is C17H17N5O5. The fourth-order valence-corrected chi connectivity index (χ4v) is 2.42. The van der Waals surface area contributed by atoms with Crippen molar-refractivity contribution in [3.05, 3.63) is 47.5 Å². The molecule has 27 heavy (non-hydrogen) atoms. The number of carbonyl (C=O) groups excluding carboxylic acids is 1. The molecule has 0 fully saturated rings. The van der Waals surface area contributed by atoms with E-state index in [2.05, 4.69) is 20.1 Å². The number of aromatic carboxylic acids is 1. The van der Waals surface area contributed by atoms with Crippen molar-refractivity contribution < 1.29 is 23.6 Å². The summed E-state index contributed by atoms with van der Waals surface area (Å²) in [5.41, 5.74) is 0.0902. The van der Waals surface area contributed by atoms with Crippen LogP contribution in [0.1, 0.15) is 34.2 Å². The van der Waals surface area contributed by atoms with Gasteiger partial charge < -0.3 is 18.9 Å². The van der Waals surface area contributed by atoms with E-state index in [1.54, 1.807) is 32.4 Å². The first-order valence-electron chi connectivity index (χ1n) is 8.10. The van der Waals surface area contributed by atoms with Crippen LogP contribution in [0.15, 0.2) is 33.5 Å². The van der Waals surface area contributed by atoms with Crippen molar-refractivity contribution in [2.75, 3.05) is 7.05 Å². The lowest BCUT2D eigenvalue weighted by molar-refractivity contribution is -0.130. The lowest BCUT2D eigenvalue weighted by Gasteiger charge is -2.14. The second kappa shape index (κ2) is 7.77. The zero-order chi connectivity index (χ0) is 19.4. The van der Waals surface area contributed by atoms with Crippen molar-refractivity contribution in [2.45, 2.75) is 26.3 Å². The SMILES string of the molecule is Cc1oc(CN(C)C(=O)CCc2nc(-c3ncccn3)no2)cc1C(=O)O. The number of carboxylic acid groups (broad SMARTS) is 1. The number of carboxylic acids is 1. The van der Waals surface area contributed by atoms with Crippen molar-refractivity contribution in [3.63, 3.8) is 0 Å². The Bertz CT molecular complexity index is 950. The predicted molar refractivity (Wildman–Crippen MR) is 90.5 cm³/mol. The fourth-order valence-electron chi connectivity index (χ4n) is 2.42. The van der Waals surface area contributed by atoms with Gasteiger partial charge >= 0.3 is 5.97 Å². The Morgan fingerprint density at radius 1 is 1.22 bits per heavy atom. The smallest absolute Gasteiger partial charge is 0.339 e. The van der Waals surface area contributed by atoms with Gasteiger partial charge in [-0.1, -0.05) is 5.16 Å². The Morgan fingerprint density at radius 3 is 2.63 bits per heavy atom. The number of aromatic nitrogens is 4. The largest absolute Gasteiger partial charge is 0.478 e. The summed E-state index contributed by atoms with van der Waals surface area (Å²) in [5.74, 6) is 0.392. The summed E-state index contributed by atoms with van der Waals surface area (Å²) in [6.07, 6.45) is 3.56. The molecule has 0 saturated carbocycles. The molecular weight excluding hydrogens is 354 g/mol. The Hall–Kier alpha value is -3.56. The monoisotopic (exact) mass is 371 g/mol. The Labute approximate surface area is 153 Å². The van der Waals surface area contributed by atoms with Gasteiger partial charge in [-0.25, -0.2) is 14.8 Å². The number of nitrogens with zero attached hydrogens (tertiary/aromatic N) is 5. The van der Waals surface area contributed by atoms with Crippen LogP contribution in [0.5, 0.6) is 0 Å². The third-order valence-electron chi connectivity index (χ3n) is 3.80. The van der Waals surface area contributed by atoms with Crippen molar-refractivity contribution in [1.29, 1.82) is 0 Å². The second-order valence-corrected chi connectivity index (χ2v) is 5.82. The highest BCUT2D eigenvalue weighted by Crippen LogP contribution is 2.17. The molecule has 0 saturated heterocycles. The molecule has 10 nitrogen and oxygen atoms in total. The van der Waals surface area contributed by atoms with Crippen LogP contribution in [0.4, 0.5) is 0 Å². The van der Waals surface area contributed by atoms with Gasteiger partial charge in [0.1, 0.15) is 17.1 Å². The molecule has 0 aliphatic heterocycles.